The van der Waals surface area contributed by atoms with Gasteiger partial charge in [0.25, 0.3) is 11.5 Å². The minimum atomic E-state index is -0.641. The molecule has 1 aromatic heterocycles. The summed E-state index contributed by atoms with van der Waals surface area (Å²) >= 11 is 0. The van der Waals surface area contributed by atoms with Crippen molar-refractivity contribution in [2.75, 3.05) is 14.1 Å². The molecule has 0 aliphatic heterocycles. The zero-order valence-electron chi connectivity index (χ0n) is 14.4. The number of pyridine rings is 1. The molecule has 3 N–H and O–H groups in total. The third-order valence-corrected chi connectivity index (χ3v) is 3.62. The Balaban J connectivity index is 2.11. The van der Waals surface area contributed by atoms with Gasteiger partial charge < -0.3 is 20.5 Å². The first-order chi connectivity index (χ1) is 11.9. The topological polar surface area (TPSA) is 97.4 Å². The number of carbonyl (C=O) groups is 2. The van der Waals surface area contributed by atoms with E-state index < -0.39 is 5.91 Å². The average Bonchev–Trinajstić information content (AvgIpc) is 2.55. The number of hydrogen-bond acceptors (Lipinski definition) is 4. The molecule has 7 nitrogen and oxygen atoms in total. The van der Waals surface area contributed by atoms with E-state index in [1.54, 1.807) is 0 Å². The minimum Gasteiger partial charge on any atom is -0.368 e. The first kappa shape index (κ1) is 18.4. The molecule has 1 aromatic carbocycles. The lowest BCUT2D eigenvalue weighted by molar-refractivity contribution is -0.118. The van der Waals surface area contributed by atoms with Crippen molar-refractivity contribution in [3.63, 3.8) is 0 Å². The molecule has 132 valence electrons. The standard InChI is InChI=1S/C18H22N4O3/c1-21(2)10-14-6-4-3-5-13(14)9-20-18(25)15-7-8-17(24)22(11-15)12-16(19)23/h3-8,11H,9-10,12H2,1-2H3,(H2,19,23)(H,20,25). The van der Waals surface area contributed by atoms with Crippen molar-refractivity contribution >= 4 is 11.8 Å². The predicted molar refractivity (Wildman–Crippen MR) is 94.9 cm³/mol. The van der Waals surface area contributed by atoms with Crippen LogP contribution in [-0.4, -0.2) is 35.4 Å². The Bertz CT molecular complexity index is 827. The first-order valence-corrected chi connectivity index (χ1v) is 7.85. The van der Waals surface area contributed by atoms with E-state index in [0.29, 0.717) is 12.1 Å². The van der Waals surface area contributed by atoms with E-state index >= 15 is 0 Å². The van der Waals surface area contributed by atoms with Crippen LogP contribution in [0.1, 0.15) is 21.5 Å². The zero-order valence-corrected chi connectivity index (χ0v) is 14.4. The molecule has 0 bridgehead atoms. The lowest BCUT2D eigenvalue weighted by Gasteiger charge is -2.15. The molecular weight excluding hydrogens is 320 g/mol. The number of carbonyl (C=O) groups excluding carboxylic acids is 2. The van der Waals surface area contributed by atoms with E-state index in [4.69, 9.17) is 5.73 Å². The van der Waals surface area contributed by atoms with Gasteiger partial charge in [0, 0.05) is 25.4 Å². The highest BCUT2D eigenvalue weighted by molar-refractivity contribution is 5.93. The van der Waals surface area contributed by atoms with E-state index in [1.807, 2.05) is 38.4 Å². The van der Waals surface area contributed by atoms with Crippen LogP contribution in [0.5, 0.6) is 0 Å². The van der Waals surface area contributed by atoms with Crippen LogP contribution in [-0.2, 0) is 24.4 Å². The summed E-state index contributed by atoms with van der Waals surface area (Å²) in [7, 11) is 3.97. The number of rotatable bonds is 7. The molecule has 0 spiro atoms. The Labute approximate surface area is 146 Å². The van der Waals surface area contributed by atoms with Crippen LogP contribution >= 0.6 is 0 Å². The highest BCUT2D eigenvalue weighted by Crippen LogP contribution is 2.10. The van der Waals surface area contributed by atoms with Gasteiger partial charge >= 0.3 is 0 Å². The normalized spacial score (nSPS) is 10.7. The van der Waals surface area contributed by atoms with Crippen molar-refractivity contribution in [1.29, 1.82) is 0 Å². The van der Waals surface area contributed by atoms with Crippen LogP contribution in [0.25, 0.3) is 0 Å². The number of hydrogen-bond donors (Lipinski definition) is 2. The largest absolute Gasteiger partial charge is 0.368 e. The van der Waals surface area contributed by atoms with Gasteiger partial charge in [0.05, 0.1) is 5.56 Å². The van der Waals surface area contributed by atoms with Crippen molar-refractivity contribution in [2.24, 2.45) is 5.73 Å². The van der Waals surface area contributed by atoms with Gasteiger partial charge in [-0.1, -0.05) is 24.3 Å². The second-order valence-corrected chi connectivity index (χ2v) is 6.04. The maximum Gasteiger partial charge on any atom is 0.253 e. The zero-order chi connectivity index (χ0) is 18.4. The molecule has 7 heteroatoms. The molecule has 0 aliphatic rings. The molecule has 0 saturated carbocycles. The van der Waals surface area contributed by atoms with E-state index in [2.05, 4.69) is 10.2 Å². The number of amides is 2. The van der Waals surface area contributed by atoms with Crippen molar-refractivity contribution in [2.45, 2.75) is 19.6 Å². The molecule has 0 saturated heterocycles. The molecule has 0 unspecified atom stereocenters. The fraction of sp³-hybridized carbons (Fsp3) is 0.278. The molecule has 0 atom stereocenters. The fourth-order valence-corrected chi connectivity index (χ4v) is 2.46. The summed E-state index contributed by atoms with van der Waals surface area (Å²) in [6, 6.07) is 10.6. The van der Waals surface area contributed by atoms with Crippen LogP contribution in [0.3, 0.4) is 0 Å². The van der Waals surface area contributed by atoms with Gasteiger partial charge in [0.2, 0.25) is 5.91 Å². The quantitative estimate of drug-likeness (QED) is 0.757. The van der Waals surface area contributed by atoms with Gasteiger partial charge in [0.1, 0.15) is 6.54 Å². The van der Waals surface area contributed by atoms with Gasteiger partial charge in [-0.3, -0.25) is 14.4 Å². The Morgan fingerprint density at radius 2 is 1.80 bits per heavy atom. The maximum atomic E-state index is 12.3. The number of nitrogens with one attached hydrogen (secondary N) is 1. The number of primary amides is 1. The summed E-state index contributed by atoms with van der Waals surface area (Å²) in [5.74, 6) is -0.963. The summed E-state index contributed by atoms with van der Waals surface area (Å²) in [5, 5.41) is 2.84. The van der Waals surface area contributed by atoms with Gasteiger partial charge in [0.15, 0.2) is 0 Å². The Kier molecular flexibility index (Phi) is 6.08. The number of benzene rings is 1. The van der Waals surface area contributed by atoms with E-state index in [0.717, 1.165) is 22.2 Å². The van der Waals surface area contributed by atoms with Crippen molar-refractivity contribution in [3.05, 3.63) is 69.6 Å². The lowest BCUT2D eigenvalue weighted by atomic mass is 10.1. The molecule has 1 heterocycles. The summed E-state index contributed by atoms with van der Waals surface area (Å²) in [4.78, 5) is 37.1. The van der Waals surface area contributed by atoms with E-state index in [-0.39, 0.29) is 18.0 Å². The third-order valence-electron chi connectivity index (χ3n) is 3.62. The number of nitrogens with two attached hydrogens (primary N) is 1. The van der Waals surface area contributed by atoms with Crippen LogP contribution in [0.15, 0.2) is 47.4 Å². The smallest absolute Gasteiger partial charge is 0.253 e. The summed E-state index contributed by atoms with van der Waals surface area (Å²) in [5.41, 5.74) is 7.18. The summed E-state index contributed by atoms with van der Waals surface area (Å²) in [6.07, 6.45) is 1.34. The molecule has 2 aromatic rings. The summed E-state index contributed by atoms with van der Waals surface area (Å²) in [6.45, 7) is 0.888. The molecular formula is C18H22N4O3. The van der Waals surface area contributed by atoms with E-state index in [9.17, 15) is 14.4 Å². The average molecular weight is 342 g/mol. The van der Waals surface area contributed by atoms with Crippen LogP contribution in [0, 0.1) is 0 Å². The Morgan fingerprint density at radius 3 is 2.44 bits per heavy atom. The predicted octanol–water partition coefficient (Wildman–Crippen LogP) is 0.325. The molecule has 2 rings (SSSR count). The number of nitrogens with zero attached hydrogens (tertiary/aromatic N) is 2. The van der Waals surface area contributed by atoms with E-state index in [1.165, 1.54) is 18.3 Å². The van der Waals surface area contributed by atoms with Crippen LogP contribution in [0.4, 0.5) is 0 Å². The molecule has 0 radical (unpaired) electrons. The SMILES string of the molecule is CN(C)Cc1ccccc1CNC(=O)c1ccc(=O)n(CC(N)=O)c1. The van der Waals surface area contributed by atoms with Gasteiger partial charge in [-0.25, -0.2) is 0 Å². The second-order valence-electron chi connectivity index (χ2n) is 6.04. The number of aromatic nitrogens is 1. The van der Waals surface area contributed by atoms with Crippen molar-refractivity contribution < 1.29 is 9.59 Å². The van der Waals surface area contributed by atoms with Gasteiger partial charge in [-0.2, -0.15) is 0 Å². The highest BCUT2D eigenvalue weighted by Gasteiger charge is 2.10. The lowest BCUT2D eigenvalue weighted by Crippen LogP contribution is -2.30. The Morgan fingerprint density at radius 1 is 1.12 bits per heavy atom. The molecule has 0 fully saturated rings. The first-order valence-electron chi connectivity index (χ1n) is 7.85. The molecule has 0 aliphatic carbocycles. The Hall–Kier alpha value is -2.93. The van der Waals surface area contributed by atoms with Crippen LogP contribution < -0.4 is 16.6 Å². The van der Waals surface area contributed by atoms with Crippen molar-refractivity contribution in [3.8, 4) is 0 Å². The fourth-order valence-electron chi connectivity index (χ4n) is 2.46. The maximum absolute atomic E-state index is 12.3. The van der Waals surface area contributed by atoms with Gasteiger partial charge in [-0.15, -0.1) is 0 Å². The minimum absolute atomic E-state index is 0.258. The van der Waals surface area contributed by atoms with Gasteiger partial charge in [-0.05, 0) is 31.3 Å². The third kappa shape index (κ3) is 5.29. The highest BCUT2D eigenvalue weighted by atomic mass is 16.2. The molecule has 2 amide bonds. The summed E-state index contributed by atoms with van der Waals surface area (Å²) < 4.78 is 1.12. The second kappa shape index (κ2) is 8.25. The monoisotopic (exact) mass is 342 g/mol. The van der Waals surface area contributed by atoms with Crippen LogP contribution in [0.2, 0.25) is 0 Å². The van der Waals surface area contributed by atoms with Crippen molar-refractivity contribution in [1.82, 2.24) is 14.8 Å². The molecule has 25 heavy (non-hydrogen) atoms.